The third-order valence-electron chi connectivity index (χ3n) is 4.28. The molecular formula is C23H23BrN2O4S2. The minimum absolute atomic E-state index is 0.106. The van der Waals surface area contributed by atoms with Gasteiger partial charge in [0.1, 0.15) is 5.75 Å². The third-order valence-corrected chi connectivity index (χ3v) is 7.21. The Morgan fingerprint density at radius 1 is 0.938 bits per heavy atom. The van der Waals surface area contributed by atoms with Gasteiger partial charge in [-0.3, -0.25) is 9.52 Å². The van der Waals surface area contributed by atoms with Gasteiger partial charge in [-0.05, 0) is 73.2 Å². The summed E-state index contributed by atoms with van der Waals surface area (Å²) in [4.78, 5) is 12.3. The molecule has 0 saturated heterocycles. The van der Waals surface area contributed by atoms with Crippen molar-refractivity contribution in [2.24, 2.45) is 0 Å². The molecule has 0 saturated carbocycles. The van der Waals surface area contributed by atoms with Gasteiger partial charge in [0.2, 0.25) is 5.91 Å². The molecule has 0 atom stereocenters. The van der Waals surface area contributed by atoms with E-state index in [-0.39, 0.29) is 10.8 Å². The summed E-state index contributed by atoms with van der Waals surface area (Å²) in [6, 6.07) is 20.7. The highest BCUT2D eigenvalue weighted by molar-refractivity contribution is 9.10. The van der Waals surface area contributed by atoms with Gasteiger partial charge < -0.3 is 10.1 Å². The summed E-state index contributed by atoms with van der Waals surface area (Å²) in [5.74, 6) is 1.56. The van der Waals surface area contributed by atoms with Gasteiger partial charge in [-0.15, -0.1) is 11.8 Å². The fraction of sp³-hybridized carbons (Fsp3) is 0.174. The van der Waals surface area contributed by atoms with E-state index in [2.05, 4.69) is 26.0 Å². The summed E-state index contributed by atoms with van der Waals surface area (Å²) in [6.07, 6.45) is 0. The molecule has 1 amide bonds. The predicted molar refractivity (Wildman–Crippen MR) is 134 cm³/mol. The zero-order valence-electron chi connectivity index (χ0n) is 17.4. The molecule has 9 heteroatoms. The van der Waals surface area contributed by atoms with Crippen LogP contribution in [0.3, 0.4) is 0 Å². The van der Waals surface area contributed by atoms with Crippen molar-refractivity contribution >= 4 is 55.0 Å². The van der Waals surface area contributed by atoms with Gasteiger partial charge in [-0.1, -0.05) is 28.1 Å². The van der Waals surface area contributed by atoms with Crippen LogP contribution in [0.25, 0.3) is 0 Å². The molecule has 0 radical (unpaired) electrons. The van der Waals surface area contributed by atoms with Crippen LogP contribution in [0.15, 0.2) is 82.2 Å². The Hall–Kier alpha value is -2.49. The Bertz CT molecular complexity index is 1130. The van der Waals surface area contributed by atoms with Crippen molar-refractivity contribution in [2.75, 3.05) is 22.4 Å². The van der Waals surface area contributed by atoms with Gasteiger partial charge in [0.25, 0.3) is 10.0 Å². The van der Waals surface area contributed by atoms with Gasteiger partial charge in [0.05, 0.1) is 17.3 Å². The Labute approximate surface area is 200 Å². The quantitative estimate of drug-likeness (QED) is 0.357. The summed E-state index contributed by atoms with van der Waals surface area (Å²) >= 11 is 4.91. The van der Waals surface area contributed by atoms with Crippen molar-refractivity contribution in [3.8, 4) is 5.75 Å². The van der Waals surface area contributed by atoms with Crippen LogP contribution in [-0.4, -0.2) is 26.7 Å². The van der Waals surface area contributed by atoms with Crippen LogP contribution in [-0.2, 0) is 20.6 Å². The fourth-order valence-electron chi connectivity index (χ4n) is 2.76. The summed E-state index contributed by atoms with van der Waals surface area (Å²) < 4.78 is 34.1. The second-order valence-electron chi connectivity index (χ2n) is 6.75. The first-order valence-corrected chi connectivity index (χ1v) is 13.3. The average molecular weight is 535 g/mol. The van der Waals surface area contributed by atoms with E-state index >= 15 is 0 Å². The van der Waals surface area contributed by atoms with Gasteiger partial charge >= 0.3 is 0 Å². The molecule has 0 aliphatic rings. The molecule has 0 aliphatic heterocycles. The largest absolute Gasteiger partial charge is 0.494 e. The topological polar surface area (TPSA) is 84.5 Å². The monoisotopic (exact) mass is 534 g/mol. The normalized spacial score (nSPS) is 11.1. The number of sulfonamides is 1. The molecule has 168 valence electrons. The molecule has 2 N–H and O–H groups in total. The number of nitrogens with one attached hydrogen (secondary N) is 2. The molecule has 0 fully saturated rings. The highest BCUT2D eigenvalue weighted by Gasteiger charge is 2.14. The van der Waals surface area contributed by atoms with Crippen molar-refractivity contribution in [3.05, 3.63) is 82.8 Å². The Kier molecular flexibility index (Phi) is 8.60. The SMILES string of the molecule is CCOc1ccc(NS(=O)(=O)c2ccc(NC(=O)CSCc3ccc(Br)cc3)cc2)cc1. The maximum absolute atomic E-state index is 12.6. The van der Waals surface area contributed by atoms with E-state index in [0.717, 1.165) is 15.8 Å². The summed E-state index contributed by atoms with van der Waals surface area (Å²) in [5.41, 5.74) is 2.12. The molecule has 0 aromatic heterocycles. The van der Waals surface area contributed by atoms with Crippen molar-refractivity contribution in [2.45, 2.75) is 17.6 Å². The van der Waals surface area contributed by atoms with E-state index in [4.69, 9.17) is 4.74 Å². The second kappa shape index (κ2) is 11.4. The molecule has 0 heterocycles. The van der Waals surface area contributed by atoms with Crippen molar-refractivity contribution in [1.82, 2.24) is 0 Å². The number of rotatable bonds is 10. The lowest BCUT2D eigenvalue weighted by Gasteiger charge is -2.10. The number of halogens is 1. The molecule has 3 aromatic rings. The number of benzene rings is 3. The molecule has 3 aromatic carbocycles. The lowest BCUT2D eigenvalue weighted by molar-refractivity contribution is -0.113. The third kappa shape index (κ3) is 7.29. The van der Waals surface area contributed by atoms with E-state index in [1.165, 1.54) is 23.9 Å². The maximum Gasteiger partial charge on any atom is 0.261 e. The number of anilines is 2. The predicted octanol–water partition coefficient (Wildman–Crippen LogP) is 5.52. The van der Waals surface area contributed by atoms with Crippen LogP contribution >= 0.6 is 27.7 Å². The zero-order valence-corrected chi connectivity index (χ0v) is 20.6. The highest BCUT2D eigenvalue weighted by atomic mass is 79.9. The number of carbonyl (C=O) groups is 1. The molecule has 32 heavy (non-hydrogen) atoms. The van der Waals surface area contributed by atoms with Gasteiger partial charge in [0, 0.05) is 21.6 Å². The van der Waals surface area contributed by atoms with Crippen molar-refractivity contribution in [1.29, 1.82) is 0 Å². The maximum atomic E-state index is 12.6. The van der Waals surface area contributed by atoms with E-state index in [9.17, 15) is 13.2 Å². The van der Waals surface area contributed by atoms with Crippen LogP contribution in [0.1, 0.15) is 12.5 Å². The van der Waals surface area contributed by atoms with Gasteiger partial charge in [-0.2, -0.15) is 0 Å². The van der Waals surface area contributed by atoms with Gasteiger partial charge in [-0.25, -0.2) is 8.42 Å². The molecular weight excluding hydrogens is 512 g/mol. The van der Waals surface area contributed by atoms with Crippen molar-refractivity contribution in [3.63, 3.8) is 0 Å². The standard InChI is InChI=1S/C23H23BrN2O4S2/c1-2-30-21-11-7-20(8-12-21)26-32(28,29)22-13-9-19(10-14-22)25-23(27)16-31-15-17-3-5-18(24)6-4-17/h3-14,26H,2,15-16H2,1H3,(H,25,27). The first-order chi connectivity index (χ1) is 15.4. The zero-order chi connectivity index (χ0) is 23.0. The lowest BCUT2D eigenvalue weighted by Crippen LogP contribution is -2.15. The van der Waals surface area contributed by atoms with Crippen LogP contribution in [0.2, 0.25) is 0 Å². The molecule has 0 aliphatic carbocycles. The summed E-state index contributed by atoms with van der Waals surface area (Å²) in [7, 11) is -3.74. The Balaban J connectivity index is 1.51. The van der Waals surface area contributed by atoms with E-state index < -0.39 is 10.0 Å². The Morgan fingerprint density at radius 3 is 2.19 bits per heavy atom. The average Bonchev–Trinajstić information content (AvgIpc) is 2.77. The van der Waals surface area contributed by atoms with E-state index in [0.29, 0.717) is 29.5 Å². The molecule has 0 unspecified atom stereocenters. The van der Waals surface area contributed by atoms with E-state index in [1.807, 2.05) is 31.2 Å². The Morgan fingerprint density at radius 2 is 1.56 bits per heavy atom. The first-order valence-electron chi connectivity index (χ1n) is 9.83. The first kappa shape index (κ1) is 24.2. The van der Waals surface area contributed by atoms with Crippen LogP contribution < -0.4 is 14.8 Å². The molecule has 6 nitrogen and oxygen atoms in total. The van der Waals surface area contributed by atoms with Crippen LogP contribution in [0, 0.1) is 0 Å². The fourth-order valence-corrected chi connectivity index (χ4v) is 4.87. The van der Waals surface area contributed by atoms with Crippen LogP contribution in [0.4, 0.5) is 11.4 Å². The smallest absolute Gasteiger partial charge is 0.261 e. The molecule has 3 rings (SSSR count). The minimum atomic E-state index is -3.74. The number of hydrogen-bond donors (Lipinski definition) is 2. The minimum Gasteiger partial charge on any atom is -0.494 e. The number of hydrogen-bond acceptors (Lipinski definition) is 5. The highest BCUT2D eigenvalue weighted by Crippen LogP contribution is 2.21. The lowest BCUT2D eigenvalue weighted by atomic mass is 10.2. The second-order valence-corrected chi connectivity index (χ2v) is 10.3. The van der Waals surface area contributed by atoms with Crippen molar-refractivity contribution < 1.29 is 17.9 Å². The summed E-state index contributed by atoms with van der Waals surface area (Å²) in [6.45, 7) is 2.42. The number of thioether (sulfide) groups is 1. The molecule has 0 bridgehead atoms. The van der Waals surface area contributed by atoms with E-state index in [1.54, 1.807) is 36.4 Å². The van der Waals surface area contributed by atoms with Crippen LogP contribution in [0.5, 0.6) is 5.75 Å². The number of amides is 1. The summed E-state index contributed by atoms with van der Waals surface area (Å²) in [5, 5.41) is 2.79. The molecule has 0 spiro atoms. The number of ether oxygens (including phenoxy) is 1. The van der Waals surface area contributed by atoms with Gasteiger partial charge in [0.15, 0.2) is 0 Å². The number of carbonyl (C=O) groups excluding carboxylic acids is 1.